The molecule has 1 aliphatic rings. The van der Waals surface area contributed by atoms with E-state index in [1.54, 1.807) is 13.3 Å². The summed E-state index contributed by atoms with van der Waals surface area (Å²) in [5.74, 6) is 4.20. The molecule has 0 amide bonds. The minimum atomic E-state index is 0. The zero-order valence-electron chi connectivity index (χ0n) is 13.6. The van der Waals surface area contributed by atoms with Gasteiger partial charge in [0.2, 0.25) is 5.82 Å². The molecular formula is C15H23IN6OS. The van der Waals surface area contributed by atoms with Crippen molar-refractivity contribution in [2.45, 2.75) is 24.5 Å². The van der Waals surface area contributed by atoms with E-state index in [1.807, 2.05) is 23.9 Å². The number of aliphatic imine (C=N–C) groups is 1. The monoisotopic (exact) mass is 462 g/mol. The second kappa shape index (κ2) is 9.92. The number of guanidine groups is 1. The van der Waals surface area contributed by atoms with Crippen LogP contribution in [0.15, 0.2) is 27.8 Å². The molecule has 0 aliphatic carbocycles. The second-order valence-electron chi connectivity index (χ2n) is 5.35. The molecule has 0 bridgehead atoms. The number of furan rings is 1. The zero-order valence-corrected chi connectivity index (χ0v) is 16.8. The zero-order chi connectivity index (χ0) is 15.9. The lowest BCUT2D eigenvalue weighted by Crippen LogP contribution is -2.41. The van der Waals surface area contributed by atoms with Crippen molar-refractivity contribution in [3.8, 4) is 11.6 Å². The van der Waals surface area contributed by atoms with Crippen molar-refractivity contribution in [2.75, 3.05) is 25.9 Å². The number of hydrogen-bond acceptors (Lipinski definition) is 5. The van der Waals surface area contributed by atoms with Gasteiger partial charge in [-0.05, 0) is 30.7 Å². The lowest BCUT2D eigenvalue weighted by molar-refractivity contribution is 0.577. The van der Waals surface area contributed by atoms with Crippen LogP contribution in [0, 0.1) is 0 Å². The largest absolute Gasteiger partial charge is 0.461 e. The maximum Gasteiger partial charge on any atom is 0.216 e. The minimum absolute atomic E-state index is 0. The van der Waals surface area contributed by atoms with Crippen molar-refractivity contribution >= 4 is 41.7 Å². The fourth-order valence-electron chi connectivity index (χ4n) is 2.46. The molecule has 0 saturated carbocycles. The van der Waals surface area contributed by atoms with E-state index in [-0.39, 0.29) is 24.0 Å². The van der Waals surface area contributed by atoms with Crippen molar-refractivity contribution in [2.24, 2.45) is 4.99 Å². The first-order valence-electron chi connectivity index (χ1n) is 7.86. The van der Waals surface area contributed by atoms with E-state index in [1.165, 1.54) is 18.6 Å². The Kier molecular flexibility index (Phi) is 7.89. The highest BCUT2D eigenvalue weighted by Crippen LogP contribution is 2.25. The summed E-state index contributed by atoms with van der Waals surface area (Å²) < 4.78 is 5.28. The van der Waals surface area contributed by atoms with Gasteiger partial charge in [0.15, 0.2) is 11.7 Å². The van der Waals surface area contributed by atoms with Crippen LogP contribution >= 0.6 is 35.7 Å². The number of aromatic amines is 1. The first kappa shape index (κ1) is 19.1. The van der Waals surface area contributed by atoms with Gasteiger partial charge in [0.05, 0.1) is 6.26 Å². The third kappa shape index (κ3) is 5.40. The Balaban J connectivity index is 0.00000208. The summed E-state index contributed by atoms with van der Waals surface area (Å²) in [4.78, 5) is 8.67. The number of halogens is 1. The van der Waals surface area contributed by atoms with Gasteiger partial charge in [-0.1, -0.05) is 0 Å². The molecule has 1 atom stereocenters. The molecule has 2 aromatic rings. The Hall–Kier alpha value is -1.23. The molecule has 1 saturated heterocycles. The first-order chi connectivity index (χ1) is 11.3. The van der Waals surface area contributed by atoms with Gasteiger partial charge in [-0.3, -0.25) is 10.1 Å². The predicted molar refractivity (Wildman–Crippen MR) is 108 cm³/mol. The minimum Gasteiger partial charge on any atom is -0.461 e. The third-order valence-corrected chi connectivity index (χ3v) is 5.07. The van der Waals surface area contributed by atoms with E-state index < -0.39 is 0 Å². The van der Waals surface area contributed by atoms with E-state index in [9.17, 15) is 0 Å². The Morgan fingerprint density at radius 2 is 2.42 bits per heavy atom. The molecule has 3 rings (SSSR count). The Labute approximate surface area is 162 Å². The first-order valence-corrected chi connectivity index (χ1v) is 8.91. The summed E-state index contributed by atoms with van der Waals surface area (Å²) >= 11 is 2.04. The highest BCUT2D eigenvalue weighted by Gasteiger charge is 2.15. The molecule has 0 aromatic carbocycles. The van der Waals surface area contributed by atoms with Gasteiger partial charge in [0.1, 0.15) is 5.82 Å². The molecule has 1 fully saturated rings. The molecule has 1 unspecified atom stereocenters. The smallest absolute Gasteiger partial charge is 0.216 e. The molecular weight excluding hydrogens is 439 g/mol. The van der Waals surface area contributed by atoms with Gasteiger partial charge >= 0.3 is 0 Å². The number of H-pyrrole nitrogens is 1. The van der Waals surface area contributed by atoms with Crippen LogP contribution in [0.5, 0.6) is 0 Å². The number of aromatic nitrogens is 3. The van der Waals surface area contributed by atoms with Crippen LogP contribution < -0.4 is 10.6 Å². The molecule has 0 spiro atoms. The van der Waals surface area contributed by atoms with Gasteiger partial charge in [0.25, 0.3) is 0 Å². The number of nitrogens with one attached hydrogen (secondary N) is 3. The van der Waals surface area contributed by atoms with E-state index in [0.29, 0.717) is 16.8 Å². The normalized spacial score (nSPS) is 17.5. The van der Waals surface area contributed by atoms with Crippen molar-refractivity contribution in [1.82, 2.24) is 25.8 Å². The van der Waals surface area contributed by atoms with Crippen LogP contribution in [0.3, 0.4) is 0 Å². The molecule has 132 valence electrons. The van der Waals surface area contributed by atoms with Gasteiger partial charge in [-0.15, -0.1) is 24.0 Å². The van der Waals surface area contributed by atoms with Crippen LogP contribution in [0.1, 0.15) is 18.7 Å². The molecule has 3 N–H and O–H groups in total. The average Bonchev–Trinajstić information content (AvgIpc) is 3.32. The summed E-state index contributed by atoms with van der Waals surface area (Å²) in [6.45, 7) is 1.71. The molecule has 0 radical (unpaired) electrons. The molecule has 2 aromatic heterocycles. The summed E-state index contributed by atoms with van der Waals surface area (Å²) in [6, 6.07) is 3.67. The van der Waals surface area contributed by atoms with E-state index in [4.69, 9.17) is 4.42 Å². The summed E-state index contributed by atoms with van der Waals surface area (Å²) in [5, 5.41) is 14.5. The lowest BCUT2D eigenvalue weighted by atomic mass is 10.2. The topological polar surface area (TPSA) is 91.1 Å². The van der Waals surface area contributed by atoms with Gasteiger partial charge in [0, 0.05) is 31.8 Å². The molecule has 24 heavy (non-hydrogen) atoms. The Morgan fingerprint density at radius 3 is 3.12 bits per heavy atom. The third-order valence-electron chi connectivity index (χ3n) is 3.67. The van der Waals surface area contributed by atoms with E-state index in [2.05, 4.69) is 30.8 Å². The van der Waals surface area contributed by atoms with Crippen molar-refractivity contribution < 1.29 is 4.42 Å². The van der Waals surface area contributed by atoms with Crippen LogP contribution in [-0.2, 0) is 6.42 Å². The number of hydrogen-bond donors (Lipinski definition) is 3. The number of rotatable bonds is 6. The van der Waals surface area contributed by atoms with Gasteiger partial charge in [-0.2, -0.15) is 16.9 Å². The maximum absolute atomic E-state index is 5.28. The fourth-order valence-corrected chi connectivity index (χ4v) is 3.66. The number of thioether (sulfide) groups is 1. The van der Waals surface area contributed by atoms with Crippen LogP contribution in [0.25, 0.3) is 11.6 Å². The van der Waals surface area contributed by atoms with Crippen molar-refractivity contribution in [3.05, 3.63) is 24.2 Å². The van der Waals surface area contributed by atoms with Crippen molar-refractivity contribution in [1.29, 1.82) is 0 Å². The highest BCUT2D eigenvalue weighted by molar-refractivity contribution is 14.0. The molecule has 3 heterocycles. The van der Waals surface area contributed by atoms with Gasteiger partial charge < -0.3 is 15.1 Å². The second-order valence-corrected chi connectivity index (χ2v) is 6.76. The summed E-state index contributed by atoms with van der Waals surface area (Å²) in [5.41, 5.74) is 0. The fraction of sp³-hybridized carbons (Fsp3) is 0.533. The van der Waals surface area contributed by atoms with Crippen molar-refractivity contribution in [3.63, 3.8) is 0 Å². The molecule has 7 nitrogen and oxygen atoms in total. The van der Waals surface area contributed by atoms with Crippen LogP contribution in [-0.4, -0.2) is 52.3 Å². The SMILES string of the molecule is CN=C(NCCc1nc(-c2ccco2)n[nH]1)NCC1CCCS1.I. The summed E-state index contributed by atoms with van der Waals surface area (Å²) in [6.07, 6.45) is 4.98. The average molecular weight is 462 g/mol. The van der Waals surface area contributed by atoms with Crippen LogP contribution in [0.2, 0.25) is 0 Å². The predicted octanol–water partition coefficient (Wildman–Crippen LogP) is 2.29. The van der Waals surface area contributed by atoms with Crippen LogP contribution in [0.4, 0.5) is 0 Å². The van der Waals surface area contributed by atoms with E-state index >= 15 is 0 Å². The maximum atomic E-state index is 5.28. The molecule has 9 heteroatoms. The highest BCUT2D eigenvalue weighted by atomic mass is 127. The quantitative estimate of drug-likeness (QED) is 0.347. The lowest BCUT2D eigenvalue weighted by Gasteiger charge is -2.14. The summed E-state index contributed by atoms with van der Waals surface area (Å²) in [7, 11) is 1.79. The molecule has 1 aliphatic heterocycles. The Bertz CT molecular complexity index is 624. The number of nitrogens with zero attached hydrogens (tertiary/aromatic N) is 3. The Morgan fingerprint density at radius 1 is 1.50 bits per heavy atom. The standard InChI is InChI=1S/C15H22N6OS.HI/c1-16-15(18-10-11-4-3-9-23-11)17-7-6-13-19-14(21-20-13)12-5-2-8-22-12;/h2,5,8,11H,3-4,6-7,9-10H2,1H3,(H2,16,17,18)(H,19,20,21);1H. The van der Waals surface area contributed by atoms with E-state index in [0.717, 1.165) is 31.3 Å². The van der Waals surface area contributed by atoms with Gasteiger partial charge in [-0.25, -0.2) is 4.98 Å².